The predicted octanol–water partition coefficient (Wildman–Crippen LogP) is 1.39. The zero-order chi connectivity index (χ0) is 22.6. The molecule has 1 atom stereocenters. The van der Waals surface area contributed by atoms with Crippen LogP contribution in [0.2, 0.25) is 5.02 Å². The highest BCUT2D eigenvalue weighted by Crippen LogP contribution is 2.37. The monoisotopic (exact) mass is 478 g/mol. The lowest BCUT2D eigenvalue weighted by molar-refractivity contribution is -0.144. The van der Waals surface area contributed by atoms with Crippen molar-refractivity contribution in [2.24, 2.45) is 0 Å². The first kappa shape index (κ1) is 22.1. The van der Waals surface area contributed by atoms with Crippen LogP contribution in [-0.4, -0.2) is 81.2 Å². The number of nitrogens with one attached hydrogen (secondary N) is 2. The summed E-state index contributed by atoms with van der Waals surface area (Å²) in [6, 6.07) is 10.3. The summed E-state index contributed by atoms with van der Waals surface area (Å²) in [5.74, 6) is -0.202. The molecule has 2 N–H and O–H groups in total. The van der Waals surface area contributed by atoms with Gasteiger partial charge < -0.3 is 15.0 Å². The Morgan fingerprint density at radius 1 is 1.09 bits per heavy atom. The van der Waals surface area contributed by atoms with E-state index in [0.29, 0.717) is 11.6 Å². The highest BCUT2D eigenvalue weighted by molar-refractivity contribution is 7.89. The van der Waals surface area contributed by atoms with Crippen LogP contribution in [0, 0.1) is 0 Å². The molecule has 0 bridgehead atoms. The maximum atomic E-state index is 13.6. The molecular formula is C22H27ClN4O4S. The molecule has 3 aliphatic heterocycles. The van der Waals surface area contributed by atoms with Gasteiger partial charge in [-0.25, -0.2) is 8.42 Å². The summed E-state index contributed by atoms with van der Waals surface area (Å²) in [6.45, 7) is 2.48. The van der Waals surface area contributed by atoms with Gasteiger partial charge in [0.2, 0.25) is 15.9 Å². The maximum absolute atomic E-state index is 13.6. The minimum atomic E-state index is -3.89. The van der Waals surface area contributed by atoms with Gasteiger partial charge in [0.25, 0.3) is 0 Å². The zero-order valence-corrected chi connectivity index (χ0v) is 19.5. The van der Waals surface area contributed by atoms with E-state index in [0.717, 1.165) is 36.7 Å². The predicted molar refractivity (Wildman–Crippen MR) is 122 cm³/mol. The van der Waals surface area contributed by atoms with E-state index in [-0.39, 0.29) is 36.0 Å². The van der Waals surface area contributed by atoms with Crippen molar-refractivity contribution in [1.29, 1.82) is 0 Å². The van der Waals surface area contributed by atoms with Crippen LogP contribution in [-0.2, 0) is 19.6 Å². The third kappa shape index (κ3) is 3.61. The fraction of sp³-hybridized carbons (Fsp3) is 0.500. The number of sulfonamides is 1. The van der Waals surface area contributed by atoms with Gasteiger partial charge >= 0.3 is 0 Å². The molecule has 2 aromatic carbocycles. The Morgan fingerprint density at radius 2 is 1.81 bits per heavy atom. The molecule has 3 saturated heterocycles. The Morgan fingerprint density at radius 3 is 2.56 bits per heavy atom. The first-order chi connectivity index (χ1) is 15.3. The Bertz CT molecular complexity index is 1170. The number of benzene rings is 2. The smallest absolute Gasteiger partial charge is 0.243 e. The average Bonchev–Trinajstić information content (AvgIpc) is 3.07. The van der Waals surface area contributed by atoms with E-state index >= 15 is 0 Å². The molecule has 172 valence electrons. The van der Waals surface area contributed by atoms with Crippen LogP contribution in [0.15, 0.2) is 41.3 Å². The molecule has 10 heteroatoms. The van der Waals surface area contributed by atoms with E-state index < -0.39 is 15.7 Å². The number of hydrogen-bond acceptors (Lipinski definition) is 6. The van der Waals surface area contributed by atoms with Crippen LogP contribution in [0.5, 0.6) is 0 Å². The summed E-state index contributed by atoms with van der Waals surface area (Å²) in [5, 5.41) is 9.25. The highest BCUT2D eigenvalue weighted by Gasteiger charge is 2.58. The third-order valence-corrected chi connectivity index (χ3v) is 8.90. The van der Waals surface area contributed by atoms with Crippen LogP contribution in [0.4, 0.5) is 0 Å². The second-order valence-corrected chi connectivity index (χ2v) is 11.4. The molecule has 1 spiro atoms. The number of nitrogens with zero attached hydrogens (tertiary/aromatic N) is 2. The second kappa shape index (κ2) is 7.93. The molecular weight excluding hydrogens is 452 g/mol. The summed E-state index contributed by atoms with van der Waals surface area (Å²) >= 11 is 6.05. The molecule has 0 aromatic heterocycles. The number of methoxy groups -OCH3 is 1. The first-order valence-electron chi connectivity index (χ1n) is 10.8. The molecule has 2 aromatic rings. The summed E-state index contributed by atoms with van der Waals surface area (Å²) in [7, 11) is -2.31. The highest BCUT2D eigenvalue weighted by atomic mass is 35.5. The van der Waals surface area contributed by atoms with Gasteiger partial charge in [0.15, 0.2) is 0 Å². The minimum Gasteiger partial charge on any atom is -0.381 e. The fourth-order valence-electron chi connectivity index (χ4n) is 5.35. The van der Waals surface area contributed by atoms with Crippen molar-refractivity contribution in [1.82, 2.24) is 19.8 Å². The van der Waals surface area contributed by atoms with Crippen LogP contribution < -0.4 is 10.6 Å². The largest absolute Gasteiger partial charge is 0.381 e. The summed E-state index contributed by atoms with van der Waals surface area (Å²) < 4.78 is 34.0. The molecule has 1 amide bonds. The van der Waals surface area contributed by atoms with Crippen LogP contribution >= 0.6 is 11.6 Å². The van der Waals surface area contributed by atoms with Crippen LogP contribution in [0.25, 0.3) is 10.8 Å². The Kier molecular flexibility index (Phi) is 5.47. The number of amides is 1. The van der Waals surface area contributed by atoms with Gasteiger partial charge in [-0.3, -0.25) is 10.1 Å². The lowest BCUT2D eigenvalue weighted by Gasteiger charge is -2.45. The van der Waals surface area contributed by atoms with Gasteiger partial charge in [0, 0.05) is 24.2 Å². The van der Waals surface area contributed by atoms with Gasteiger partial charge in [-0.2, -0.15) is 4.31 Å². The number of rotatable bonds is 4. The normalized spacial score (nSPS) is 26.1. The summed E-state index contributed by atoms with van der Waals surface area (Å²) in [6.07, 6.45) is 1.75. The summed E-state index contributed by atoms with van der Waals surface area (Å²) in [5.41, 5.74) is -1.10. The van der Waals surface area contributed by atoms with Gasteiger partial charge in [-0.1, -0.05) is 23.7 Å². The van der Waals surface area contributed by atoms with Crippen molar-refractivity contribution in [2.75, 3.05) is 46.4 Å². The van der Waals surface area contributed by atoms with Crippen molar-refractivity contribution in [2.45, 2.75) is 28.9 Å². The molecule has 0 radical (unpaired) electrons. The SMILES string of the molecule is COCC12CN(S(=O)(=O)c3ccc4cc(Cl)ccc4c3)CC(=O)N1CC1(CCNCC1)N2. The number of carbonyl (C=O) groups is 1. The Labute approximate surface area is 192 Å². The topological polar surface area (TPSA) is 91.0 Å². The standard InChI is InChI=1S/C22H27ClN4O4S/c1-31-15-22-14-26(12-20(28)27(22)13-21(25-22)6-8-24-9-7-21)32(29,30)19-5-3-16-10-18(23)4-2-17(16)11-19/h2-5,10-11,24-25H,6-9,12-15H2,1H3. The van der Waals surface area contributed by atoms with E-state index in [9.17, 15) is 13.2 Å². The van der Waals surface area contributed by atoms with E-state index in [1.165, 1.54) is 4.31 Å². The Hall–Kier alpha value is -1.75. The van der Waals surface area contributed by atoms with E-state index in [1.54, 1.807) is 48.4 Å². The molecule has 0 saturated carbocycles. The average molecular weight is 479 g/mol. The molecule has 3 aliphatic rings. The molecule has 32 heavy (non-hydrogen) atoms. The zero-order valence-electron chi connectivity index (χ0n) is 17.9. The lowest BCUT2D eigenvalue weighted by atomic mass is 9.89. The van der Waals surface area contributed by atoms with Crippen molar-refractivity contribution in [3.05, 3.63) is 41.4 Å². The number of fused-ring (bicyclic) bond motifs is 2. The quantitative estimate of drug-likeness (QED) is 0.690. The van der Waals surface area contributed by atoms with E-state index in [2.05, 4.69) is 10.6 Å². The molecule has 3 fully saturated rings. The Balaban J connectivity index is 1.49. The lowest BCUT2D eigenvalue weighted by Crippen LogP contribution is -2.70. The number of hydrogen-bond donors (Lipinski definition) is 2. The van der Waals surface area contributed by atoms with E-state index in [4.69, 9.17) is 16.3 Å². The minimum absolute atomic E-state index is 0.142. The van der Waals surface area contributed by atoms with Gasteiger partial charge in [-0.05, 0) is 61.0 Å². The number of halogens is 1. The van der Waals surface area contributed by atoms with Gasteiger partial charge in [0.1, 0.15) is 5.66 Å². The summed E-state index contributed by atoms with van der Waals surface area (Å²) in [4.78, 5) is 15.2. The second-order valence-electron chi connectivity index (χ2n) is 9.03. The number of carbonyl (C=O) groups excluding carboxylic acids is 1. The van der Waals surface area contributed by atoms with Crippen molar-refractivity contribution in [3.8, 4) is 0 Å². The number of piperidine rings is 1. The molecule has 0 aliphatic carbocycles. The molecule has 5 rings (SSSR count). The molecule has 3 heterocycles. The van der Waals surface area contributed by atoms with Crippen LogP contribution in [0.3, 0.4) is 0 Å². The number of piperazine rings is 1. The van der Waals surface area contributed by atoms with Crippen LogP contribution in [0.1, 0.15) is 12.8 Å². The van der Waals surface area contributed by atoms with E-state index in [1.807, 2.05) is 0 Å². The fourth-order valence-corrected chi connectivity index (χ4v) is 7.01. The van der Waals surface area contributed by atoms with Crippen molar-refractivity contribution < 1.29 is 17.9 Å². The number of ether oxygens (including phenoxy) is 1. The van der Waals surface area contributed by atoms with Crippen molar-refractivity contribution >= 4 is 38.3 Å². The molecule has 8 nitrogen and oxygen atoms in total. The molecule has 1 unspecified atom stereocenters. The third-order valence-electron chi connectivity index (χ3n) is 6.88. The first-order valence-corrected chi connectivity index (χ1v) is 12.6. The van der Waals surface area contributed by atoms with Gasteiger partial charge in [0.05, 0.1) is 24.6 Å². The maximum Gasteiger partial charge on any atom is 0.243 e. The van der Waals surface area contributed by atoms with Crippen molar-refractivity contribution in [3.63, 3.8) is 0 Å². The van der Waals surface area contributed by atoms with Gasteiger partial charge in [-0.15, -0.1) is 0 Å².